The van der Waals surface area contributed by atoms with Crippen LogP contribution in [0.4, 0.5) is 0 Å². The highest BCUT2D eigenvalue weighted by atomic mass is 79.9. The number of hydrogen-bond donors (Lipinski definition) is 1. The Labute approximate surface area is 128 Å². The van der Waals surface area contributed by atoms with Crippen LogP contribution in [0, 0.1) is 0 Å². The van der Waals surface area contributed by atoms with E-state index in [1.807, 2.05) is 18.2 Å². The third kappa shape index (κ3) is 3.91. The second-order valence-electron chi connectivity index (χ2n) is 4.92. The zero-order chi connectivity index (χ0) is 13.8. The summed E-state index contributed by atoms with van der Waals surface area (Å²) in [5, 5.41) is 0. The molecule has 0 saturated carbocycles. The molecule has 0 radical (unpaired) electrons. The zero-order valence-electron chi connectivity index (χ0n) is 11.1. The molecule has 0 amide bonds. The molecule has 0 spiro atoms. The summed E-state index contributed by atoms with van der Waals surface area (Å²) in [7, 11) is 2.18. The first kappa shape index (κ1) is 14.8. The lowest BCUT2D eigenvalue weighted by Crippen LogP contribution is -2.26. The maximum atomic E-state index is 5.85. The van der Waals surface area contributed by atoms with Crippen molar-refractivity contribution in [3.63, 3.8) is 0 Å². The quantitative estimate of drug-likeness (QED) is 0.835. The number of nitrogens with zero attached hydrogens (tertiary/aromatic N) is 1. The van der Waals surface area contributed by atoms with Gasteiger partial charge in [0.15, 0.2) is 0 Å². The molecule has 0 bridgehead atoms. The van der Waals surface area contributed by atoms with E-state index in [0.29, 0.717) is 17.6 Å². The zero-order valence-corrected chi connectivity index (χ0v) is 13.5. The van der Waals surface area contributed by atoms with Crippen LogP contribution in [-0.2, 0) is 0 Å². The fraction of sp³-hybridized carbons (Fsp3) is 0.500. The van der Waals surface area contributed by atoms with E-state index in [-0.39, 0.29) is 0 Å². The molecule has 1 aliphatic heterocycles. The van der Waals surface area contributed by atoms with Crippen molar-refractivity contribution in [3.05, 3.63) is 28.2 Å². The molecule has 1 unspecified atom stereocenters. The number of thiocarbonyl (C=S) groups is 1. The van der Waals surface area contributed by atoms with E-state index in [9.17, 15) is 0 Å². The first-order valence-corrected chi connectivity index (χ1v) is 7.70. The molecule has 1 aromatic rings. The molecular weight excluding hydrogens is 324 g/mol. The molecule has 1 heterocycles. The van der Waals surface area contributed by atoms with Crippen molar-refractivity contribution in [2.45, 2.75) is 25.3 Å². The Morgan fingerprint density at radius 1 is 1.58 bits per heavy atom. The van der Waals surface area contributed by atoms with Crippen LogP contribution >= 0.6 is 28.1 Å². The van der Waals surface area contributed by atoms with Gasteiger partial charge in [-0.15, -0.1) is 0 Å². The first-order chi connectivity index (χ1) is 9.08. The van der Waals surface area contributed by atoms with Gasteiger partial charge in [-0.1, -0.05) is 28.1 Å². The third-order valence-corrected chi connectivity index (χ3v) is 4.30. The number of likely N-dealkylation sites (tertiary alicyclic amines) is 1. The van der Waals surface area contributed by atoms with E-state index < -0.39 is 0 Å². The average molecular weight is 343 g/mol. The Kier molecular flexibility index (Phi) is 5.19. The van der Waals surface area contributed by atoms with E-state index in [1.165, 1.54) is 19.4 Å². The minimum atomic E-state index is 0.370. The van der Waals surface area contributed by atoms with Crippen molar-refractivity contribution in [3.8, 4) is 5.75 Å². The summed E-state index contributed by atoms with van der Waals surface area (Å²) in [5.74, 6) is 0.774. The van der Waals surface area contributed by atoms with Crippen LogP contribution in [-0.4, -0.2) is 36.1 Å². The summed E-state index contributed by atoms with van der Waals surface area (Å²) in [6, 6.07) is 6.40. The second kappa shape index (κ2) is 6.68. The molecule has 104 valence electrons. The molecule has 1 atom stereocenters. The van der Waals surface area contributed by atoms with Gasteiger partial charge in [0.1, 0.15) is 10.7 Å². The van der Waals surface area contributed by atoms with Crippen LogP contribution in [0.25, 0.3) is 0 Å². The predicted octanol–water partition coefficient (Wildman–Crippen LogP) is 2.95. The van der Waals surface area contributed by atoms with Gasteiger partial charge < -0.3 is 15.4 Å². The van der Waals surface area contributed by atoms with Crippen LogP contribution in [0.2, 0.25) is 0 Å². The molecule has 2 N–H and O–H groups in total. The van der Waals surface area contributed by atoms with Gasteiger partial charge in [-0.25, -0.2) is 0 Å². The SMILES string of the molecule is CN1CCCC1CCOc1ccc(Br)cc1C(N)=S. The number of ether oxygens (including phenoxy) is 1. The van der Waals surface area contributed by atoms with Gasteiger partial charge in [0, 0.05) is 10.5 Å². The molecule has 0 aromatic heterocycles. The molecule has 0 aliphatic carbocycles. The van der Waals surface area contributed by atoms with Gasteiger partial charge in [-0.2, -0.15) is 0 Å². The summed E-state index contributed by atoms with van der Waals surface area (Å²) in [6.45, 7) is 1.90. The van der Waals surface area contributed by atoms with Crippen molar-refractivity contribution < 1.29 is 4.74 Å². The van der Waals surface area contributed by atoms with Crippen molar-refractivity contribution >= 4 is 33.1 Å². The molecule has 1 fully saturated rings. The second-order valence-corrected chi connectivity index (χ2v) is 6.27. The lowest BCUT2D eigenvalue weighted by molar-refractivity contribution is 0.233. The Hall–Kier alpha value is -0.650. The number of benzene rings is 1. The average Bonchev–Trinajstić information content (AvgIpc) is 2.77. The number of halogens is 1. The highest BCUT2D eigenvalue weighted by Gasteiger charge is 2.20. The molecular formula is C14H19BrN2OS. The van der Waals surface area contributed by atoms with E-state index in [0.717, 1.165) is 22.2 Å². The molecule has 1 aromatic carbocycles. The highest BCUT2D eigenvalue weighted by Crippen LogP contribution is 2.24. The minimum absolute atomic E-state index is 0.370. The largest absolute Gasteiger partial charge is 0.493 e. The van der Waals surface area contributed by atoms with Crippen LogP contribution in [0.1, 0.15) is 24.8 Å². The number of hydrogen-bond acceptors (Lipinski definition) is 3. The monoisotopic (exact) mass is 342 g/mol. The molecule has 2 rings (SSSR count). The van der Waals surface area contributed by atoms with Crippen LogP contribution in [0.3, 0.4) is 0 Å². The standard InChI is InChI=1S/C14H19BrN2OS/c1-17-7-2-3-11(17)6-8-18-13-5-4-10(15)9-12(13)14(16)19/h4-5,9,11H,2-3,6-8H2,1H3,(H2,16,19). The topological polar surface area (TPSA) is 38.5 Å². The normalized spacial score (nSPS) is 19.6. The summed E-state index contributed by atoms with van der Waals surface area (Å²) >= 11 is 8.47. The fourth-order valence-electron chi connectivity index (χ4n) is 2.47. The lowest BCUT2D eigenvalue weighted by atomic mass is 10.1. The summed E-state index contributed by atoms with van der Waals surface area (Å²) in [6.07, 6.45) is 3.60. The summed E-state index contributed by atoms with van der Waals surface area (Å²) in [5.41, 5.74) is 6.52. The van der Waals surface area contributed by atoms with Gasteiger partial charge in [0.05, 0.1) is 12.2 Å². The highest BCUT2D eigenvalue weighted by molar-refractivity contribution is 9.10. The van der Waals surface area contributed by atoms with E-state index >= 15 is 0 Å². The van der Waals surface area contributed by atoms with Gasteiger partial charge >= 0.3 is 0 Å². The van der Waals surface area contributed by atoms with Gasteiger partial charge in [-0.05, 0) is 51.1 Å². The first-order valence-electron chi connectivity index (χ1n) is 6.50. The summed E-state index contributed by atoms with van der Waals surface area (Å²) in [4.78, 5) is 2.77. The molecule has 1 saturated heterocycles. The van der Waals surface area contributed by atoms with Gasteiger partial charge in [-0.3, -0.25) is 0 Å². The molecule has 19 heavy (non-hydrogen) atoms. The Morgan fingerprint density at radius 3 is 3.00 bits per heavy atom. The maximum absolute atomic E-state index is 5.85. The Morgan fingerprint density at radius 2 is 2.37 bits per heavy atom. The van der Waals surface area contributed by atoms with Gasteiger partial charge in [0.2, 0.25) is 0 Å². The molecule has 5 heteroatoms. The predicted molar refractivity (Wildman–Crippen MR) is 85.8 cm³/mol. The summed E-state index contributed by atoms with van der Waals surface area (Å²) < 4.78 is 6.81. The minimum Gasteiger partial charge on any atom is -0.493 e. The van der Waals surface area contributed by atoms with Crippen molar-refractivity contribution in [1.29, 1.82) is 0 Å². The maximum Gasteiger partial charge on any atom is 0.129 e. The van der Waals surface area contributed by atoms with Crippen molar-refractivity contribution in [1.82, 2.24) is 4.90 Å². The Bertz CT molecular complexity index is 467. The number of nitrogens with two attached hydrogens (primary N) is 1. The van der Waals surface area contributed by atoms with Crippen LogP contribution < -0.4 is 10.5 Å². The lowest BCUT2D eigenvalue weighted by Gasteiger charge is -2.19. The van der Waals surface area contributed by atoms with Crippen LogP contribution in [0.15, 0.2) is 22.7 Å². The van der Waals surface area contributed by atoms with Crippen molar-refractivity contribution in [2.75, 3.05) is 20.2 Å². The van der Waals surface area contributed by atoms with E-state index in [1.54, 1.807) is 0 Å². The van der Waals surface area contributed by atoms with Crippen LogP contribution in [0.5, 0.6) is 5.75 Å². The fourth-order valence-corrected chi connectivity index (χ4v) is 2.99. The Balaban J connectivity index is 1.94. The van der Waals surface area contributed by atoms with E-state index in [4.69, 9.17) is 22.7 Å². The number of rotatable bonds is 5. The molecule has 1 aliphatic rings. The van der Waals surface area contributed by atoms with E-state index in [2.05, 4.69) is 27.9 Å². The van der Waals surface area contributed by atoms with Crippen molar-refractivity contribution in [2.24, 2.45) is 5.73 Å². The smallest absolute Gasteiger partial charge is 0.129 e. The third-order valence-electron chi connectivity index (χ3n) is 3.59. The van der Waals surface area contributed by atoms with Gasteiger partial charge in [0.25, 0.3) is 0 Å². The molecule has 3 nitrogen and oxygen atoms in total.